The van der Waals surface area contributed by atoms with Gasteiger partial charge in [-0.05, 0) is 50.6 Å². The standard InChI is InChI=1S/C21H23NO6S/c1-4-22(17-8-6-5-7-9-17)29(25,26)19-13-16(11-10-14(19)2)20(23)28-18-12-15(3)27-21(18)24/h5-11,13,15,18H,4,12H2,1-3H3/t15-,18+/m0/s1. The Morgan fingerprint density at radius 1 is 1.21 bits per heavy atom. The van der Waals surface area contributed by atoms with Crippen molar-refractivity contribution in [1.82, 2.24) is 0 Å². The Morgan fingerprint density at radius 2 is 1.90 bits per heavy atom. The van der Waals surface area contributed by atoms with E-state index in [0.29, 0.717) is 11.3 Å². The lowest BCUT2D eigenvalue weighted by atomic mass is 10.1. The van der Waals surface area contributed by atoms with Crippen LogP contribution in [0.15, 0.2) is 53.4 Å². The molecule has 0 unspecified atom stereocenters. The highest BCUT2D eigenvalue weighted by molar-refractivity contribution is 7.92. The quantitative estimate of drug-likeness (QED) is 0.671. The van der Waals surface area contributed by atoms with Crippen LogP contribution in [0.1, 0.15) is 36.2 Å². The van der Waals surface area contributed by atoms with Gasteiger partial charge in [-0.1, -0.05) is 24.3 Å². The van der Waals surface area contributed by atoms with Gasteiger partial charge in [0.2, 0.25) is 6.10 Å². The highest BCUT2D eigenvalue weighted by Gasteiger charge is 2.35. The molecule has 0 bridgehead atoms. The van der Waals surface area contributed by atoms with Crippen molar-refractivity contribution < 1.29 is 27.5 Å². The van der Waals surface area contributed by atoms with Crippen molar-refractivity contribution >= 4 is 27.6 Å². The summed E-state index contributed by atoms with van der Waals surface area (Å²) in [5.41, 5.74) is 1.10. The number of para-hydroxylation sites is 1. The monoisotopic (exact) mass is 417 g/mol. The third-order valence-corrected chi connectivity index (χ3v) is 6.74. The zero-order valence-electron chi connectivity index (χ0n) is 16.5. The Kier molecular flexibility index (Phi) is 5.93. The lowest BCUT2D eigenvalue weighted by Crippen LogP contribution is -2.31. The van der Waals surface area contributed by atoms with Crippen molar-refractivity contribution in [3.05, 3.63) is 59.7 Å². The van der Waals surface area contributed by atoms with E-state index in [1.165, 1.54) is 16.4 Å². The minimum absolute atomic E-state index is 0.0139. The molecule has 8 heteroatoms. The minimum atomic E-state index is -3.90. The molecule has 29 heavy (non-hydrogen) atoms. The Bertz CT molecular complexity index is 1020. The molecule has 154 valence electrons. The van der Waals surface area contributed by atoms with E-state index in [9.17, 15) is 18.0 Å². The zero-order chi connectivity index (χ0) is 21.2. The molecule has 2 aromatic rings. The molecule has 1 heterocycles. The maximum absolute atomic E-state index is 13.3. The molecule has 0 spiro atoms. The third-order valence-electron chi connectivity index (χ3n) is 4.70. The second-order valence-electron chi connectivity index (χ2n) is 6.86. The zero-order valence-corrected chi connectivity index (χ0v) is 17.3. The number of esters is 2. The molecule has 7 nitrogen and oxygen atoms in total. The molecule has 2 atom stereocenters. The number of aryl methyl sites for hydroxylation is 1. The maximum Gasteiger partial charge on any atom is 0.347 e. The van der Waals surface area contributed by atoms with Crippen molar-refractivity contribution in [3.8, 4) is 0 Å². The first-order valence-corrected chi connectivity index (χ1v) is 10.8. The number of carbonyl (C=O) groups is 2. The van der Waals surface area contributed by atoms with E-state index in [-0.39, 0.29) is 29.5 Å². The predicted molar refractivity (Wildman–Crippen MR) is 107 cm³/mol. The second kappa shape index (κ2) is 8.24. The first-order chi connectivity index (χ1) is 13.7. The summed E-state index contributed by atoms with van der Waals surface area (Å²) in [5.74, 6) is -1.35. The van der Waals surface area contributed by atoms with Gasteiger partial charge in [0.1, 0.15) is 6.10 Å². The van der Waals surface area contributed by atoms with Gasteiger partial charge in [0.15, 0.2) is 0 Å². The van der Waals surface area contributed by atoms with Gasteiger partial charge < -0.3 is 9.47 Å². The van der Waals surface area contributed by atoms with Gasteiger partial charge in [-0.3, -0.25) is 4.31 Å². The van der Waals surface area contributed by atoms with E-state index in [2.05, 4.69) is 0 Å². The second-order valence-corrected chi connectivity index (χ2v) is 8.69. The number of cyclic esters (lactones) is 1. The van der Waals surface area contributed by atoms with Gasteiger partial charge in [0.05, 0.1) is 16.1 Å². The van der Waals surface area contributed by atoms with Gasteiger partial charge >= 0.3 is 11.9 Å². The molecule has 1 aliphatic rings. The lowest BCUT2D eigenvalue weighted by Gasteiger charge is -2.24. The van der Waals surface area contributed by atoms with Gasteiger partial charge in [0.25, 0.3) is 10.0 Å². The van der Waals surface area contributed by atoms with Gasteiger partial charge in [-0.15, -0.1) is 0 Å². The van der Waals surface area contributed by atoms with Crippen molar-refractivity contribution in [2.24, 2.45) is 0 Å². The van der Waals surface area contributed by atoms with Crippen LogP contribution in [-0.4, -0.2) is 39.1 Å². The first kappa shape index (κ1) is 20.9. The van der Waals surface area contributed by atoms with Crippen LogP contribution in [-0.2, 0) is 24.3 Å². The number of benzene rings is 2. The largest absolute Gasteiger partial charge is 0.460 e. The summed E-state index contributed by atoms with van der Waals surface area (Å²) < 4.78 is 38.1. The fourth-order valence-electron chi connectivity index (χ4n) is 3.22. The molecule has 0 aliphatic carbocycles. The molecule has 1 fully saturated rings. The average Bonchev–Trinajstić information content (AvgIpc) is 3.00. The van der Waals surface area contributed by atoms with Crippen molar-refractivity contribution in [3.63, 3.8) is 0 Å². The summed E-state index contributed by atoms with van der Waals surface area (Å²) in [5, 5.41) is 0. The van der Waals surface area contributed by atoms with Gasteiger partial charge in [-0.2, -0.15) is 0 Å². The van der Waals surface area contributed by atoms with Crippen molar-refractivity contribution in [1.29, 1.82) is 0 Å². The van der Waals surface area contributed by atoms with Crippen molar-refractivity contribution in [2.75, 3.05) is 10.8 Å². The molecule has 0 N–H and O–H groups in total. The molecule has 0 amide bonds. The molecule has 0 saturated carbocycles. The van der Waals surface area contributed by atoms with E-state index in [1.54, 1.807) is 57.2 Å². The molecular formula is C21H23NO6S. The predicted octanol–water partition coefficient (Wildman–Crippen LogP) is 3.07. The number of hydrogen-bond acceptors (Lipinski definition) is 6. The number of anilines is 1. The Morgan fingerprint density at radius 3 is 2.48 bits per heavy atom. The Labute approximate surface area is 170 Å². The number of nitrogens with zero attached hydrogens (tertiary/aromatic N) is 1. The molecule has 1 saturated heterocycles. The molecule has 1 aliphatic heterocycles. The van der Waals surface area contributed by atoms with Crippen LogP contribution < -0.4 is 4.31 Å². The van der Waals surface area contributed by atoms with E-state index in [0.717, 1.165) is 0 Å². The molecule has 0 aromatic heterocycles. The number of ether oxygens (including phenoxy) is 2. The summed E-state index contributed by atoms with van der Waals surface area (Å²) in [6, 6.07) is 13.1. The maximum atomic E-state index is 13.3. The molecule has 3 rings (SSSR count). The van der Waals surface area contributed by atoms with Crippen LogP contribution in [0.5, 0.6) is 0 Å². The Balaban J connectivity index is 1.92. The topological polar surface area (TPSA) is 90.0 Å². The van der Waals surface area contributed by atoms with Crippen LogP contribution in [0, 0.1) is 6.92 Å². The fourth-order valence-corrected chi connectivity index (χ4v) is 4.95. The average molecular weight is 417 g/mol. The molecule has 0 radical (unpaired) electrons. The first-order valence-electron chi connectivity index (χ1n) is 9.34. The number of rotatable bonds is 6. The smallest absolute Gasteiger partial charge is 0.347 e. The number of hydrogen-bond donors (Lipinski definition) is 0. The van der Waals surface area contributed by atoms with Crippen molar-refractivity contribution in [2.45, 2.75) is 44.3 Å². The summed E-state index contributed by atoms with van der Waals surface area (Å²) in [6.45, 7) is 5.35. The van der Waals surface area contributed by atoms with Crippen LogP contribution in [0.4, 0.5) is 5.69 Å². The minimum Gasteiger partial charge on any atom is -0.460 e. The number of sulfonamides is 1. The van der Waals surface area contributed by atoms with Crippen LogP contribution in [0.25, 0.3) is 0 Å². The molecular weight excluding hydrogens is 394 g/mol. The van der Waals surface area contributed by atoms with Gasteiger partial charge in [-0.25, -0.2) is 18.0 Å². The van der Waals surface area contributed by atoms with E-state index >= 15 is 0 Å². The highest BCUT2D eigenvalue weighted by atomic mass is 32.2. The van der Waals surface area contributed by atoms with Gasteiger partial charge in [0, 0.05) is 13.0 Å². The van der Waals surface area contributed by atoms with E-state index < -0.39 is 28.1 Å². The summed E-state index contributed by atoms with van der Waals surface area (Å²) >= 11 is 0. The highest BCUT2D eigenvalue weighted by Crippen LogP contribution is 2.27. The number of carbonyl (C=O) groups excluding carboxylic acids is 2. The van der Waals surface area contributed by atoms with Crippen LogP contribution in [0.3, 0.4) is 0 Å². The Hall–Kier alpha value is -2.87. The molecule has 2 aromatic carbocycles. The van der Waals surface area contributed by atoms with E-state index in [1.807, 2.05) is 0 Å². The SMILES string of the molecule is CCN(c1ccccc1)S(=O)(=O)c1cc(C(=O)O[C@@H]2C[C@H](C)OC2=O)ccc1C. The summed E-state index contributed by atoms with van der Waals surface area (Å²) in [7, 11) is -3.90. The lowest BCUT2D eigenvalue weighted by molar-refractivity contribution is -0.147. The van der Waals surface area contributed by atoms with Crippen LogP contribution >= 0.6 is 0 Å². The summed E-state index contributed by atoms with van der Waals surface area (Å²) in [6.07, 6.45) is -1.02. The third kappa shape index (κ3) is 4.27. The summed E-state index contributed by atoms with van der Waals surface area (Å²) in [4.78, 5) is 24.2. The fraction of sp³-hybridized carbons (Fsp3) is 0.333. The normalized spacial score (nSPS) is 18.9. The van der Waals surface area contributed by atoms with Crippen LogP contribution in [0.2, 0.25) is 0 Å². The van der Waals surface area contributed by atoms with E-state index in [4.69, 9.17) is 9.47 Å².